The van der Waals surface area contributed by atoms with E-state index in [-0.39, 0.29) is 24.1 Å². The lowest BCUT2D eigenvalue weighted by Crippen LogP contribution is -2.59. The molecule has 0 N–H and O–H groups in total. The fraction of sp³-hybridized carbons (Fsp3) is 0.586. The van der Waals surface area contributed by atoms with Crippen molar-refractivity contribution in [1.29, 1.82) is 0 Å². The Bertz CT molecular complexity index is 1270. The zero-order valence-electron chi connectivity index (χ0n) is 24.0. The van der Waals surface area contributed by atoms with Crippen LogP contribution in [-0.4, -0.2) is 71.9 Å². The van der Waals surface area contributed by atoms with Gasteiger partial charge in [-0.05, 0) is 59.6 Å². The lowest BCUT2D eigenvalue weighted by Gasteiger charge is -2.46. The van der Waals surface area contributed by atoms with E-state index in [0.717, 1.165) is 36.2 Å². The number of rotatable bonds is 5. The zero-order chi connectivity index (χ0) is 28.1. The number of amides is 2. The van der Waals surface area contributed by atoms with Gasteiger partial charge in [0.1, 0.15) is 35.1 Å². The molecule has 3 heterocycles. The maximum Gasteiger partial charge on any atom is 0.410 e. The molecule has 1 aromatic heterocycles. The van der Waals surface area contributed by atoms with E-state index in [4.69, 9.17) is 19.2 Å². The average molecular weight is 538 g/mol. The summed E-state index contributed by atoms with van der Waals surface area (Å²) in [6.07, 6.45) is 3.78. The van der Waals surface area contributed by atoms with Crippen LogP contribution in [0.3, 0.4) is 0 Å². The van der Waals surface area contributed by atoms with Crippen molar-refractivity contribution in [3.05, 3.63) is 35.7 Å². The number of carbonyl (C=O) groups is 2. The SMILES string of the molecule is COc1ccc(CN2C(=O)C3(CCC3)c3c2ncnc3N2C[C@@H](C)N(C(=O)OC(C)(C)C)C[C@@H]2C)c(OC)c1. The van der Waals surface area contributed by atoms with E-state index >= 15 is 0 Å². The van der Waals surface area contributed by atoms with E-state index in [2.05, 4.69) is 16.8 Å². The third-order valence-electron chi connectivity index (χ3n) is 8.11. The molecule has 5 rings (SSSR count). The summed E-state index contributed by atoms with van der Waals surface area (Å²) in [5.41, 5.74) is 0.620. The molecule has 1 aliphatic carbocycles. The fourth-order valence-electron chi connectivity index (χ4n) is 5.97. The lowest BCUT2D eigenvalue weighted by atomic mass is 9.65. The topological polar surface area (TPSA) is 97.3 Å². The second-order valence-corrected chi connectivity index (χ2v) is 11.9. The van der Waals surface area contributed by atoms with Crippen LogP contribution in [0.2, 0.25) is 0 Å². The van der Waals surface area contributed by atoms with Crippen LogP contribution in [-0.2, 0) is 21.5 Å². The van der Waals surface area contributed by atoms with E-state index in [1.807, 2.05) is 45.9 Å². The number of methoxy groups -OCH3 is 2. The molecule has 2 aliphatic heterocycles. The van der Waals surface area contributed by atoms with Crippen LogP contribution in [0.15, 0.2) is 24.5 Å². The molecule has 0 radical (unpaired) electrons. The third-order valence-corrected chi connectivity index (χ3v) is 8.11. The molecule has 2 fully saturated rings. The van der Waals surface area contributed by atoms with Gasteiger partial charge in [-0.25, -0.2) is 14.8 Å². The smallest absolute Gasteiger partial charge is 0.410 e. The van der Waals surface area contributed by atoms with Crippen LogP contribution in [0.5, 0.6) is 11.5 Å². The minimum absolute atomic E-state index is 0.0179. The summed E-state index contributed by atoms with van der Waals surface area (Å²) in [5, 5.41) is 0. The molecule has 2 amide bonds. The van der Waals surface area contributed by atoms with Gasteiger partial charge in [0.15, 0.2) is 0 Å². The normalized spacial score (nSPS) is 22.0. The Morgan fingerprint density at radius 1 is 1.05 bits per heavy atom. The minimum atomic E-state index is -0.614. The number of benzene rings is 1. The Balaban J connectivity index is 1.48. The molecule has 1 saturated carbocycles. The second kappa shape index (κ2) is 9.88. The van der Waals surface area contributed by atoms with Crippen molar-refractivity contribution in [3.8, 4) is 11.5 Å². The number of carbonyl (C=O) groups excluding carboxylic acids is 2. The molecule has 0 unspecified atom stereocenters. The second-order valence-electron chi connectivity index (χ2n) is 11.9. The van der Waals surface area contributed by atoms with Crippen LogP contribution in [0.4, 0.5) is 16.4 Å². The largest absolute Gasteiger partial charge is 0.497 e. The zero-order valence-corrected chi connectivity index (χ0v) is 24.0. The maximum atomic E-state index is 14.1. The number of aromatic nitrogens is 2. The van der Waals surface area contributed by atoms with Gasteiger partial charge in [0.05, 0.1) is 31.7 Å². The van der Waals surface area contributed by atoms with Crippen molar-refractivity contribution in [2.24, 2.45) is 0 Å². The molecule has 10 heteroatoms. The quantitative estimate of drug-likeness (QED) is 0.557. The molecule has 0 bridgehead atoms. The van der Waals surface area contributed by atoms with Gasteiger partial charge in [-0.2, -0.15) is 0 Å². The van der Waals surface area contributed by atoms with Gasteiger partial charge in [0, 0.05) is 36.8 Å². The number of ether oxygens (including phenoxy) is 3. The highest BCUT2D eigenvalue weighted by Crippen LogP contribution is 2.56. The van der Waals surface area contributed by atoms with E-state index in [0.29, 0.717) is 37.0 Å². The summed E-state index contributed by atoms with van der Waals surface area (Å²) < 4.78 is 16.6. The average Bonchev–Trinajstić information content (AvgIpc) is 3.12. The van der Waals surface area contributed by atoms with Gasteiger partial charge >= 0.3 is 6.09 Å². The van der Waals surface area contributed by atoms with E-state index in [1.165, 1.54) is 0 Å². The van der Waals surface area contributed by atoms with E-state index < -0.39 is 11.0 Å². The first-order valence-corrected chi connectivity index (χ1v) is 13.6. The number of fused-ring (bicyclic) bond motifs is 2. The Morgan fingerprint density at radius 2 is 1.77 bits per heavy atom. The number of hydrogen-bond acceptors (Lipinski definition) is 8. The summed E-state index contributed by atoms with van der Waals surface area (Å²) in [6.45, 7) is 11.2. The van der Waals surface area contributed by atoms with Crippen LogP contribution in [0, 0.1) is 0 Å². The number of hydrogen-bond donors (Lipinski definition) is 0. The van der Waals surface area contributed by atoms with Crippen LogP contribution >= 0.6 is 0 Å². The van der Waals surface area contributed by atoms with Crippen molar-refractivity contribution in [2.75, 3.05) is 37.1 Å². The summed E-state index contributed by atoms with van der Waals surface area (Å²) in [7, 11) is 3.23. The molecule has 39 heavy (non-hydrogen) atoms. The molecule has 2 aromatic rings. The molecule has 1 spiro atoms. The Labute approximate surface area is 230 Å². The molecule has 2 atom stereocenters. The van der Waals surface area contributed by atoms with Crippen molar-refractivity contribution >= 4 is 23.6 Å². The first-order valence-electron chi connectivity index (χ1n) is 13.6. The number of nitrogens with zero attached hydrogens (tertiary/aromatic N) is 5. The first-order chi connectivity index (χ1) is 18.5. The van der Waals surface area contributed by atoms with Gasteiger partial charge in [-0.15, -0.1) is 0 Å². The van der Waals surface area contributed by atoms with Gasteiger partial charge < -0.3 is 24.0 Å². The molecule has 3 aliphatic rings. The van der Waals surface area contributed by atoms with Crippen molar-refractivity contribution in [1.82, 2.24) is 14.9 Å². The molecule has 210 valence electrons. The summed E-state index contributed by atoms with van der Waals surface area (Å²) in [6, 6.07) is 5.52. The Hall–Kier alpha value is -3.56. The molecule has 1 saturated heterocycles. The molecule has 10 nitrogen and oxygen atoms in total. The van der Waals surface area contributed by atoms with Crippen LogP contribution in [0.1, 0.15) is 65.0 Å². The highest BCUT2D eigenvalue weighted by Gasteiger charge is 2.58. The van der Waals surface area contributed by atoms with Crippen molar-refractivity contribution in [3.63, 3.8) is 0 Å². The third kappa shape index (κ3) is 4.63. The first kappa shape index (κ1) is 27.0. The molecular formula is C29H39N5O5. The Kier molecular flexibility index (Phi) is 6.84. The highest BCUT2D eigenvalue weighted by molar-refractivity contribution is 6.09. The van der Waals surface area contributed by atoms with Gasteiger partial charge in [0.2, 0.25) is 5.91 Å². The van der Waals surface area contributed by atoms with Gasteiger partial charge in [0.25, 0.3) is 0 Å². The highest BCUT2D eigenvalue weighted by atomic mass is 16.6. The standard InChI is InChI=1S/C29H39N5O5/c1-18-15-33(27(36)39-28(3,4)5)19(2)14-32(18)24-23-25(31-17-30-24)34(26(35)29(23)11-8-12-29)16-20-9-10-21(37-6)13-22(20)38-7/h9-10,13,17-19H,8,11-12,14-16H2,1-7H3/t18-,19+/m0/s1. The van der Waals surface area contributed by atoms with Crippen LogP contribution in [0.25, 0.3) is 0 Å². The van der Waals surface area contributed by atoms with Gasteiger partial charge in [-0.3, -0.25) is 9.69 Å². The monoisotopic (exact) mass is 537 g/mol. The Morgan fingerprint density at radius 3 is 2.38 bits per heavy atom. The maximum absolute atomic E-state index is 14.1. The predicted octanol–water partition coefficient (Wildman–Crippen LogP) is 4.30. The summed E-state index contributed by atoms with van der Waals surface area (Å²) in [5.74, 6) is 2.87. The van der Waals surface area contributed by atoms with E-state index in [1.54, 1.807) is 30.3 Å². The van der Waals surface area contributed by atoms with Gasteiger partial charge in [-0.1, -0.05) is 6.42 Å². The number of piperazine rings is 1. The predicted molar refractivity (Wildman–Crippen MR) is 148 cm³/mol. The lowest BCUT2D eigenvalue weighted by molar-refractivity contribution is -0.126. The van der Waals surface area contributed by atoms with Crippen molar-refractivity contribution < 1.29 is 23.8 Å². The molecule has 1 aromatic carbocycles. The summed E-state index contributed by atoms with van der Waals surface area (Å²) in [4.78, 5) is 42.2. The molecular weight excluding hydrogens is 498 g/mol. The van der Waals surface area contributed by atoms with Crippen molar-refractivity contribution in [2.45, 2.75) is 83.5 Å². The van der Waals surface area contributed by atoms with E-state index in [9.17, 15) is 9.59 Å². The van der Waals surface area contributed by atoms with Crippen LogP contribution < -0.4 is 19.3 Å². The number of anilines is 2. The minimum Gasteiger partial charge on any atom is -0.497 e. The fourth-order valence-corrected chi connectivity index (χ4v) is 5.97. The summed E-state index contributed by atoms with van der Waals surface area (Å²) >= 11 is 0.